The highest BCUT2D eigenvalue weighted by molar-refractivity contribution is 5.44. The summed E-state index contributed by atoms with van der Waals surface area (Å²) in [6.45, 7) is 9.13. The lowest BCUT2D eigenvalue weighted by Crippen LogP contribution is -2.39. The number of ether oxygens (including phenoxy) is 2. The van der Waals surface area contributed by atoms with E-state index >= 15 is 0 Å². The van der Waals surface area contributed by atoms with Gasteiger partial charge in [-0.05, 0) is 30.9 Å². The van der Waals surface area contributed by atoms with Crippen molar-refractivity contribution >= 4 is 0 Å². The van der Waals surface area contributed by atoms with Crippen molar-refractivity contribution in [1.82, 2.24) is 0 Å². The Kier molecular flexibility index (Phi) is 6.33. The van der Waals surface area contributed by atoms with E-state index in [1.165, 1.54) is 18.2 Å². The van der Waals surface area contributed by atoms with Gasteiger partial charge >= 0.3 is 6.18 Å². The van der Waals surface area contributed by atoms with E-state index < -0.39 is 11.8 Å². The third-order valence-corrected chi connectivity index (χ3v) is 3.19. The maximum Gasteiger partial charge on any atom is 0.421 e. The minimum atomic E-state index is -4.80. The van der Waals surface area contributed by atoms with Crippen molar-refractivity contribution in [3.8, 4) is 11.5 Å². The van der Waals surface area contributed by atoms with Gasteiger partial charge < -0.3 is 14.6 Å². The van der Waals surface area contributed by atoms with Crippen LogP contribution in [0.5, 0.6) is 11.5 Å². The molecule has 0 saturated heterocycles. The van der Waals surface area contributed by atoms with Gasteiger partial charge in [0.1, 0.15) is 11.5 Å². The highest BCUT2D eigenvalue weighted by atomic mass is 19.4. The molecule has 1 N–H and O–H groups in total. The van der Waals surface area contributed by atoms with Gasteiger partial charge in [0, 0.05) is 11.6 Å². The molecule has 0 amide bonds. The normalized spacial score (nSPS) is 14.9. The van der Waals surface area contributed by atoms with Crippen molar-refractivity contribution < 1.29 is 27.8 Å². The highest BCUT2D eigenvalue weighted by Crippen LogP contribution is 2.43. The fourth-order valence-corrected chi connectivity index (χ4v) is 1.79. The summed E-state index contributed by atoms with van der Waals surface area (Å²) in [5.74, 6) is 0.827. The van der Waals surface area contributed by atoms with Crippen molar-refractivity contribution in [3.63, 3.8) is 0 Å². The van der Waals surface area contributed by atoms with Gasteiger partial charge in [-0.2, -0.15) is 13.2 Å². The molecule has 0 heterocycles. The van der Waals surface area contributed by atoms with Crippen LogP contribution in [0.3, 0.4) is 0 Å². The molecule has 0 aliphatic heterocycles. The minimum absolute atomic E-state index is 0.0118. The second kappa shape index (κ2) is 7.43. The topological polar surface area (TPSA) is 38.7 Å². The molecule has 0 saturated carbocycles. The molecule has 1 atom stereocenters. The Balaban J connectivity index is 3.18. The molecule has 0 fully saturated rings. The van der Waals surface area contributed by atoms with E-state index in [-0.39, 0.29) is 29.8 Å². The molecular weight excluding hydrogens is 309 g/mol. The summed E-state index contributed by atoms with van der Waals surface area (Å²) in [7, 11) is 0. The molecule has 1 rings (SSSR count). The summed E-state index contributed by atoms with van der Waals surface area (Å²) in [5.41, 5.74) is -3.31. The quantitative estimate of drug-likeness (QED) is 0.796. The van der Waals surface area contributed by atoms with Crippen molar-refractivity contribution in [3.05, 3.63) is 23.8 Å². The lowest BCUT2D eigenvalue weighted by Gasteiger charge is -2.29. The van der Waals surface area contributed by atoms with Crippen LogP contribution in [0.25, 0.3) is 0 Å². The molecule has 23 heavy (non-hydrogen) atoms. The number of hydrogen-bond acceptors (Lipinski definition) is 3. The molecule has 132 valence electrons. The SMILES string of the molecule is CC(C)COc1ccc(C(C)(O)C(F)(F)F)c(OCC(C)C)c1. The monoisotopic (exact) mass is 334 g/mol. The number of hydrogen-bond donors (Lipinski definition) is 1. The maximum absolute atomic E-state index is 13.1. The Hall–Kier alpha value is -1.43. The van der Waals surface area contributed by atoms with Crippen LogP contribution >= 0.6 is 0 Å². The molecule has 3 nitrogen and oxygen atoms in total. The Morgan fingerprint density at radius 2 is 1.52 bits per heavy atom. The van der Waals surface area contributed by atoms with Gasteiger partial charge in [0.25, 0.3) is 0 Å². The van der Waals surface area contributed by atoms with E-state index in [4.69, 9.17) is 9.47 Å². The number of alkyl halides is 3. The van der Waals surface area contributed by atoms with Gasteiger partial charge in [-0.25, -0.2) is 0 Å². The van der Waals surface area contributed by atoms with Gasteiger partial charge in [-0.3, -0.25) is 0 Å². The van der Waals surface area contributed by atoms with E-state index in [0.717, 1.165) is 6.92 Å². The summed E-state index contributed by atoms with van der Waals surface area (Å²) in [6.07, 6.45) is -4.80. The Morgan fingerprint density at radius 1 is 1.00 bits per heavy atom. The summed E-state index contributed by atoms with van der Waals surface area (Å²) >= 11 is 0. The lowest BCUT2D eigenvalue weighted by atomic mass is 9.94. The van der Waals surface area contributed by atoms with Crippen molar-refractivity contribution in [2.75, 3.05) is 13.2 Å². The van der Waals surface area contributed by atoms with Crippen molar-refractivity contribution in [1.29, 1.82) is 0 Å². The summed E-state index contributed by atoms with van der Waals surface area (Å²) < 4.78 is 50.4. The van der Waals surface area contributed by atoms with Crippen LogP contribution in [0.4, 0.5) is 13.2 Å². The first-order valence-electron chi connectivity index (χ1n) is 7.64. The predicted octanol–water partition coefficient (Wildman–Crippen LogP) is 4.53. The van der Waals surface area contributed by atoms with E-state index in [0.29, 0.717) is 12.4 Å². The van der Waals surface area contributed by atoms with Crippen LogP contribution in [0.15, 0.2) is 18.2 Å². The molecule has 0 spiro atoms. The Morgan fingerprint density at radius 3 is 2.00 bits per heavy atom. The number of rotatable bonds is 7. The third kappa shape index (κ3) is 5.30. The van der Waals surface area contributed by atoms with E-state index in [1.54, 1.807) is 0 Å². The zero-order valence-electron chi connectivity index (χ0n) is 14.2. The van der Waals surface area contributed by atoms with Gasteiger partial charge in [0.05, 0.1) is 13.2 Å². The number of benzene rings is 1. The summed E-state index contributed by atoms with van der Waals surface area (Å²) in [5, 5.41) is 9.93. The predicted molar refractivity (Wildman–Crippen MR) is 82.7 cm³/mol. The zero-order chi connectivity index (χ0) is 17.8. The van der Waals surface area contributed by atoms with Crippen LogP contribution in [0.2, 0.25) is 0 Å². The Labute approximate surface area is 135 Å². The summed E-state index contributed by atoms with van der Waals surface area (Å²) in [6, 6.07) is 4.03. The molecule has 1 aromatic carbocycles. The standard InChI is InChI=1S/C17H25F3O3/c1-11(2)9-22-13-6-7-14(16(5,21)17(18,19)20)15(8-13)23-10-12(3)4/h6-8,11-12,21H,9-10H2,1-5H3. The van der Waals surface area contributed by atoms with E-state index in [2.05, 4.69) is 0 Å². The van der Waals surface area contributed by atoms with Gasteiger partial charge in [0.2, 0.25) is 0 Å². The molecule has 1 unspecified atom stereocenters. The fourth-order valence-electron chi connectivity index (χ4n) is 1.79. The van der Waals surface area contributed by atoms with Crippen molar-refractivity contribution in [2.45, 2.75) is 46.4 Å². The molecule has 0 aromatic heterocycles. The van der Waals surface area contributed by atoms with Crippen LogP contribution in [0.1, 0.15) is 40.2 Å². The molecular formula is C17H25F3O3. The second-order valence-electron chi connectivity index (χ2n) is 6.64. The van der Waals surface area contributed by atoms with Crippen LogP contribution in [0, 0.1) is 11.8 Å². The van der Waals surface area contributed by atoms with E-state index in [1.807, 2.05) is 27.7 Å². The number of aliphatic hydroxyl groups is 1. The first kappa shape index (κ1) is 19.6. The van der Waals surface area contributed by atoms with E-state index in [9.17, 15) is 18.3 Å². The van der Waals surface area contributed by atoms with Gasteiger partial charge in [-0.15, -0.1) is 0 Å². The maximum atomic E-state index is 13.1. The molecule has 6 heteroatoms. The lowest BCUT2D eigenvalue weighted by molar-refractivity contribution is -0.259. The van der Waals surface area contributed by atoms with Crippen LogP contribution in [-0.4, -0.2) is 24.5 Å². The first-order chi connectivity index (χ1) is 10.4. The fraction of sp³-hybridized carbons (Fsp3) is 0.647. The minimum Gasteiger partial charge on any atom is -0.493 e. The zero-order valence-corrected chi connectivity index (χ0v) is 14.2. The highest BCUT2D eigenvalue weighted by Gasteiger charge is 2.52. The molecule has 0 aliphatic rings. The van der Waals surface area contributed by atoms with Gasteiger partial charge in [-0.1, -0.05) is 27.7 Å². The second-order valence-corrected chi connectivity index (χ2v) is 6.64. The summed E-state index contributed by atoms with van der Waals surface area (Å²) in [4.78, 5) is 0. The Bertz CT molecular complexity index is 508. The van der Waals surface area contributed by atoms with Crippen molar-refractivity contribution in [2.24, 2.45) is 11.8 Å². The molecule has 0 aliphatic carbocycles. The number of halogens is 3. The average molecular weight is 334 g/mol. The first-order valence-corrected chi connectivity index (χ1v) is 7.64. The largest absolute Gasteiger partial charge is 0.493 e. The van der Waals surface area contributed by atoms with Crippen LogP contribution < -0.4 is 9.47 Å². The van der Waals surface area contributed by atoms with Gasteiger partial charge in [0.15, 0.2) is 5.60 Å². The third-order valence-electron chi connectivity index (χ3n) is 3.19. The van der Waals surface area contributed by atoms with Crippen LogP contribution in [-0.2, 0) is 5.60 Å². The molecule has 0 bridgehead atoms. The molecule has 1 aromatic rings. The average Bonchev–Trinajstić information content (AvgIpc) is 2.41. The molecule has 0 radical (unpaired) electrons. The smallest absolute Gasteiger partial charge is 0.421 e.